The second-order valence-corrected chi connectivity index (χ2v) is 7.96. The van der Waals surface area contributed by atoms with Crippen LogP contribution in [0, 0.1) is 0 Å². The molecule has 0 atom stereocenters. The topological polar surface area (TPSA) is 75.7 Å². The lowest BCUT2D eigenvalue weighted by Gasteiger charge is -2.17. The van der Waals surface area contributed by atoms with Crippen molar-refractivity contribution in [3.8, 4) is 0 Å². The third-order valence-corrected chi connectivity index (χ3v) is 6.21. The van der Waals surface area contributed by atoms with Crippen molar-refractivity contribution in [3.63, 3.8) is 0 Å². The minimum atomic E-state index is -3.69. The van der Waals surface area contributed by atoms with Gasteiger partial charge in [-0.25, -0.2) is 8.42 Å². The second kappa shape index (κ2) is 6.59. The molecule has 1 aliphatic carbocycles. The predicted molar refractivity (Wildman–Crippen MR) is 94.4 cm³/mol. The zero-order chi connectivity index (χ0) is 18.1. The lowest BCUT2D eigenvalue weighted by molar-refractivity contribution is -0.118. The molecule has 1 saturated carbocycles. The Morgan fingerprint density at radius 3 is 2.20 bits per heavy atom. The van der Waals surface area contributed by atoms with Gasteiger partial charge in [-0.05, 0) is 42.7 Å². The highest BCUT2D eigenvalue weighted by Crippen LogP contribution is 2.48. The lowest BCUT2D eigenvalue weighted by atomic mass is 9.95. The molecule has 0 aromatic heterocycles. The maximum atomic E-state index is 12.7. The van der Waals surface area contributed by atoms with Gasteiger partial charge in [-0.15, -0.1) is 0 Å². The molecule has 0 aliphatic heterocycles. The number of nitrogens with one attached hydrogen (secondary N) is 1. The van der Waals surface area contributed by atoms with Crippen molar-refractivity contribution in [1.82, 2.24) is 4.47 Å². The minimum Gasteiger partial charge on any atom is -0.325 e. The van der Waals surface area contributed by atoms with E-state index in [4.69, 9.17) is 4.84 Å². The van der Waals surface area contributed by atoms with Gasteiger partial charge < -0.3 is 5.32 Å². The van der Waals surface area contributed by atoms with Crippen LogP contribution in [0.5, 0.6) is 0 Å². The Kier molecular flexibility index (Phi) is 4.64. The molecular weight excluding hydrogens is 340 g/mol. The first-order chi connectivity index (χ1) is 11.9. The highest BCUT2D eigenvalue weighted by molar-refractivity contribution is 7.89. The fourth-order valence-corrected chi connectivity index (χ4v) is 3.71. The molecule has 0 radical (unpaired) electrons. The van der Waals surface area contributed by atoms with Crippen LogP contribution in [0.1, 0.15) is 18.4 Å². The van der Waals surface area contributed by atoms with E-state index in [1.807, 2.05) is 30.3 Å². The van der Waals surface area contributed by atoms with Crippen molar-refractivity contribution in [1.29, 1.82) is 0 Å². The van der Waals surface area contributed by atoms with E-state index in [1.165, 1.54) is 26.3 Å². The maximum absolute atomic E-state index is 12.7. The molecule has 1 amide bonds. The van der Waals surface area contributed by atoms with Crippen LogP contribution in [0.25, 0.3) is 0 Å². The third-order valence-electron chi connectivity index (χ3n) is 4.52. The van der Waals surface area contributed by atoms with E-state index in [-0.39, 0.29) is 10.8 Å². The Bertz CT molecular complexity index is 860. The molecule has 7 heteroatoms. The summed E-state index contributed by atoms with van der Waals surface area (Å²) in [7, 11) is -1.09. The van der Waals surface area contributed by atoms with Gasteiger partial charge in [0, 0.05) is 12.7 Å². The van der Waals surface area contributed by atoms with E-state index in [9.17, 15) is 13.2 Å². The molecule has 0 bridgehead atoms. The lowest BCUT2D eigenvalue weighted by Crippen LogP contribution is -2.28. The van der Waals surface area contributed by atoms with Crippen LogP contribution in [0.4, 0.5) is 5.69 Å². The van der Waals surface area contributed by atoms with Gasteiger partial charge in [-0.1, -0.05) is 34.8 Å². The van der Waals surface area contributed by atoms with Crippen molar-refractivity contribution in [2.24, 2.45) is 0 Å². The zero-order valence-electron chi connectivity index (χ0n) is 14.1. The summed E-state index contributed by atoms with van der Waals surface area (Å²) < 4.78 is 25.1. The number of rotatable bonds is 6. The van der Waals surface area contributed by atoms with Crippen LogP contribution in [-0.4, -0.2) is 33.0 Å². The van der Waals surface area contributed by atoms with Gasteiger partial charge in [0.15, 0.2) is 0 Å². The van der Waals surface area contributed by atoms with Gasteiger partial charge in [0.25, 0.3) is 10.0 Å². The van der Waals surface area contributed by atoms with E-state index in [1.54, 1.807) is 12.1 Å². The summed E-state index contributed by atoms with van der Waals surface area (Å²) in [4.78, 5) is 17.5. The molecular formula is C18H20N2O4S. The SMILES string of the molecule is CON(C)S(=O)(=O)c1ccc(NC(=O)C2(c3ccccc3)CC2)cc1. The molecule has 0 unspecified atom stereocenters. The summed E-state index contributed by atoms with van der Waals surface area (Å²) in [6.07, 6.45) is 1.63. The Labute approximate surface area is 147 Å². The number of hydroxylamine groups is 1. The number of sulfonamides is 1. The van der Waals surface area contributed by atoms with Gasteiger partial charge in [0.1, 0.15) is 0 Å². The molecule has 0 heterocycles. The number of carbonyl (C=O) groups is 1. The number of carbonyl (C=O) groups excluding carboxylic acids is 1. The molecule has 2 aromatic rings. The molecule has 3 rings (SSSR count). The number of hydrogen-bond donors (Lipinski definition) is 1. The van der Waals surface area contributed by atoms with E-state index in [0.717, 1.165) is 22.9 Å². The van der Waals surface area contributed by atoms with E-state index >= 15 is 0 Å². The summed E-state index contributed by atoms with van der Waals surface area (Å²) >= 11 is 0. The van der Waals surface area contributed by atoms with Crippen LogP contribution in [0.3, 0.4) is 0 Å². The summed E-state index contributed by atoms with van der Waals surface area (Å²) in [6, 6.07) is 15.7. The van der Waals surface area contributed by atoms with Crippen LogP contribution in [-0.2, 0) is 25.1 Å². The molecule has 2 aromatic carbocycles. The number of hydrogen-bond acceptors (Lipinski definition) is 4. The molecule has 1 fully saturated rings. The summed E-state index contributed by atoms with van der Waals surface area (Å²) in [5.41, 5.74) is 1.10. The number of amides is 1. The molecule has 1 aliphatic rings. The fourth-order valence-electron chi connectivity index (χ4n) is 2.74. The first-order valence-corrected chi connectivity index (χ1v) is 9.34. The second-order valence-electron chi connectivity index (χ2n) is 6.02. The Morgan fingerprint density at radius 1 is 1.08 bits per heavy atom. The van der Waals surface area contributed by atoms with Crippen LogP contribution in [0.2, 0.25) is 0 Å². The molecule has 0 saturated heterocycles. The standard InChI is InChI=1S/C18H20N2O4S/c1-20(24-2)25(22,23)16-10-8-15(9-11-16)19-17(21)18(12-13-18)14-6-4-3-5-7-14/h3-11H,12-13H2,1-2H3,(H,19,21). The van der Waals surface area contributed by atoms with Gasteiger partial charge in [-0.3, -0.25) is 9.63 Å². The fraction of sp³-hybridized carbons (Fsp3) is 0.278. The van der Waals surface area contributed by atoms with Crippen molar-refractivity contribution >= 4 is 21.6 Å². The summed E-state index contributed by atoms with van der Waals surface area (Å²) in [6.45, 7) is 0. The van der Waals surface area contributed by atoms with E-state index < -0.39 is 15.4 Å². The van der Waals surface area contributed by atoms with E-state index in [2.05, 4.69) is 5.32 Å². The van der Waals surface area contributed by atoms with Crippen LogP contribution < -0.4 is 5.32 Å². The van der Waals surface area contributed by atoms with Crippen molar-refractivity contribution in [2.45, 2.75) is 23.2 Å². The first kappa shape index (κ1) is 17.6. The Morgan fingerprint density at radius 2 is 1.68 bits per heavy atom. The van der Waals surface area contributed by atoms with Crippen molar-refractivity contribution < 1.29 is 18.0 Å². The van der Waals surface area contributed by atoms with Crippen molar-refractivity contribution in [2.75, 3.05) is 19.5 Å². The highest BCUT2D eigenvalue weighted by Gasteiger charge is 2.51. The van der Waals surface area contributed by atoms with Gasteiger partial charge in [0.05, 0.1) is 17.4 Å². The number of benzene rings is 2. The van der Waals surface area contributed by atoms with E-state index in [0.29, 0.717) is 5.69 Å². The Hall–Kier alpha value is -2.22. The highest BCUT2D eigenvalue weighted by atomic mass is 32.2. The molecule has 0 spiro atoms. The molecule has 132 valence electrons. The maximum Gasteiger partial charge on any atom is 0.264 e. The summed E-state index contributed by atoms with van der Waals surface area (Å²) in [5.74, 6) is -0.0664. The predicted octanol–water partition coefficient (Wildman–Crippen LogP) is 2.54. The van der Waals surface area contributed by atoms with Crippen molar-refractivity contribution in [3.05, 3.63) is 60.2 Å². The quantitative estimate of drug-likeness (QED) is 0.803. The van der Waals surface area contributed by atoms with Gasteiger partial charge in [-0.2, -0.15) is 0 Å². The number of nitrogens with zero attached hydrogens (tertiary/aromatic N) is 1. The average Bonchev–Trinajstić information content (AvgIpc) is 3.44. The monoisotopic (exact) mass is 360 g/mol. The van der Waals surface area contributed by atoms with Gasteiger partial charge >= 0.3 is 0 Å². The van der Waals surface area contributed by atoms with Gasteiger partial charge in [0.2, 0.25) is 5.91 Å². The Balaban J connectivity index is 1.75. The third kappa shape index (κ3) is 3.30. The summed E-state index contributed by atoms with van der Waals surface area (Å²) in [5, 5.41) is 2.89. The smallest absolute Gasteiger partial charge is 0.264 e. The van der Waals surface area contributed by atoms with Crippen LogP contribution >= 0.6 is 0 Å². The zero-order valence-corrected chi connectivity index (χ0v) is 14.9. The average molecular weight is 360 g/mol. The minimum absolute atomic E-state index is 0.0664. The van der Waals surface area contributed by atoms with Crippen LogP contribution in [0.15, 0.2) is 59.5 Å². The molecule has 25 heavy (non-hydrogen) atoms. The normalized spacial score (nSPS) is 15.8. The number of anilines is 1. The first-order valence-electron chi connectivity index (χ1n) is 7.90. The molecule has 6 nitrogen and oxygen atoms in total. The largest absolute Gasteiger partial charge is 0.325 e. The molecule has 1 N–H and O–H groups in total.